The number of nitrogens with zero attached hydrogens (tertiary/aromatic N) is 2. The van der Waals surface area contributed by atoms with Gasteiger partial charge in [0.15, 0.2) is 0 Å². The van der Waals surface area contributed by atoms with Crippen molar-refractivity contribution in [1.29, 1.82) is 0 Å². The van der Waals surface area contributed by atoms with Gasteiger partial charge in [-0.05, 0) is 60.5 Å². The highest BCUT2D eigenvalue weighted by atomic mass is 32.2. The van der Waals surface area contributed by atoms with E-state index in [0.29, 0.717) is 18.4 Å². The van der Waals surface area contributed by atoms with E-state index in [1.807, 2.05) is 0 Å². The van der Waals surface area contributed by atoms with Crippen LogP contribution in [-0.4, -0.2) is 60.4 Å². The molecule has 2 aliphatic heterocycles. The average molecular weight is 518 g/mol. The maximum atomic E-state index is 13.1. The molecule has 0 spiro atoms. The second-order valence-corrected chi connectivity index (χ2v) is 11.0. The van der Waals surface area contributed by atoms with E-state index in [4.69, 9.17) is 0 Å². The highest BCUT2D eigenvalue weighted by Crippen LogP contribution is 2.32. The lowest BCUT2D eigenvalue weighted by Gasteiger charge is -2.33. The zero-order valence-electron chi connectivity index (χ0n) is 18.7. The summed E-state index contributed by atoms with van der Waals surface area (Å²) >= 11 is 0.774. The fourth-order valence-corrected chi connectivity index (χ4v) is 6.54. The van der Waals surface area contributed by atoms with E-state index < -0.39 is 38.9 Å². The minimum absolute atomic E-state index is 0.00355. The van der Waals surface area contributed by atoms with Gasteiger partial charge >= 0.3 is 0 Å². The second kappa shape index (κ2) is 10.7. The lowest BCUT2D eigenvalue weighted by atomic mass is 10.0. The summed E-state index contributed by atoms with van der Waals surface area (Å²) in [5.74, 6) is -1.36. The van der Waals surface area contributed by atoms with Crippen LogP contribution in [0.25, 0.3) is 6.08 Å². The number of thioether (sulfide) groups is 1. The SMILES string of the molecule is O=C(NCCN1C(=O)S/C(=C/c2ccc(F)cc2)C1=O)[C@H]1CCCCN1S(=O)(=O)c1ccccc1. The van der Waals surface area contributed by atoms with Gasteiger partial charge in [-0.1, -0.05) is 36.8 Å². The molecule has 0 saturated carbocycles. The molecule has 1 N–H and O–H groups in total. The van der Waals surface area contributed by atoms with Crippen molar-refractivity contribution in [1.82, 2.24) is 14.5 Å². The minimum atomic E-state index is -3.83. The Labute approximate surface area is 207 Å². The molecule has 2 fully saturated rings. The van der Waals surface area contributed by atoms with Crippen molar-refractivity contribution in [2.75, 3.05) is 19.6 Å². The van der Waals surface area contributed by atoms with Gasteiger partial charge in [0, 0.05) is 19.6 Å². The molecule has 3 amide bonds. The molecule has 2 aliphatic rings. The molecule has 2 heterocycles. The van der Waals surface area contributed by atoms with Crippen LogP contribution in [0.5, 0.6) is 0 Å². The third kappa shape index (κ3) is 5.63. The first-order valence-corrected chi connectivity index (χ1v) is 13.4. The first kappa shape index (κ1) is 25.1. The van der Waals surface area contributed by atoms with Crippen LogP contribution in [0.2, 0.25) is 0 Å². The number of carbonyl (C=O) groups is 3. The Kier molecular flexibility index (Phi) is 7.68. The normalized spacial score (nSPS) is 20.4. The summed E-state index contributed by atoms with van der Waals surface area (Å²) in [6.45, 7) is 0.193. The Morgan fingerprint density at radius 3 is 2.51 bits per heavy atom. The van der Waals surface area contributed by atoms with Crippen molar-refractivity contribution in [2.24, 2.45) is 0 Å². The van der Waals surface area contributed by atoms with Crippen molar-refractivity contribution in [2.45, 2.75) is 30.2 Å². The Morgan fingerprint density at radius 2 is 1.80 bits per heavy atom. The molecule has 35 heavy (non-hydrogen) atoms. The van der Waals surface area contributed by atoms with Crippen LogP contribution in [0.1, 0.15) is 24.8 Å². The summed E-state index contributed by atoms with van der Waals surface area (Å²) in [6.07, 6.45) is 3.28. The number of halogens is 1. The number of benzene rings is 2. The predicted octanol–water partition coefficient (Wildman–Crippen LogP) is 3.22. The summed E-state index contributed by atoms with van der Waals surface area (Å²) in [7, 11) is -3.83. The van der Waals surface area contributed by atoms with Crippen LogP contribution in [0.3, 0.4) is 0 Å². The Morgan fingerprint density at radius 1 is 1.09 bits per heavy atom. The fourth-order valence-electron chi connectivity index (χ4n) is 3.99. The van der Waals surface area contributed by atoms with Gasteiger partial charge in [0.25, 0.3) is 11.1 Å². The summed E-state index contributed by atoms with van der Waals surface area (Å²) < 4.78 is 40.5. The van der Waals surface area contributed by atoms with Crippen molar-refractivity contribution in [3.63, 3.8) is 0 Å². The standard InChI is InChI=1S/C24H24FN3O5S2/c25-18-11-9-17(10-12-18)16-21-23(30)27(24(31)34-21)15-13-26-22(29)20-8-4-5-14-28(20)35(32,33)19-6-2-1-3-7-19/h1-3,6-7,9-12,16,20H,4-5,8,13-15H2,(H,26,29)/b21-16+/t20-/m1/s1. The van der Waals surface area contributed by atoms with Crippen LogP contribution < -0.4 is 5.32 Å². The summed E-state index contributed by atoms with van der Waals surface area (Å²) in [4.78, 5) is 39.2. The van der Waals surface area contributed by atoms with Gasteiger partial charge in [-0.3, -0.25) is 19.3 Å². The molecule has 0 bridgehead atoms. The number of piperidine rings is 1. The molecule has 1 atom stereocenters. The van der Waals surface area contributed by atoms with Crippen molar-refractivity contribution in [3.05, 3.63) is 70.9 Å². The molecule has 0 radical (unpaired) electrons. The van der Waals surface area contributed by atoms with Crippen LogP contribution in [0.15, 0.2) is 64.4 Å². The molecule has 11 heteroatoms. The van der Waals surface area contributed by atoms with Crippen LogP contribution in [0, 0.1) is 5.82 Å². The quantitative estimate of drug-likeness (QED) is 0.566. The Bertz CT molecular complexity index is 1250. The molecular formula is C24H24FN3O5S2. The number of amides is 3. The van der Waals surface area contributed by atoms with Crippen LogP contribution in [-0.2, 0) is 19.6 Å². The van der Waals surface area contributed by atoms with E-state index in [2.05, 4.69) is 5.32 Å². The number of rotatable bonds is 7. The van der Waals surface area contributed by atoms with Gasteiger partial charge < -0.3 is 5.32 Å². The maximum Gasteiger partial charge on any atom is 0.293 e. The molecule has 184 valence electrons. The first-order valence-electron chi connectivity index (χ1n) is 11.1. The molecule has 2 saturated heterocycles. The molecule has 8 nitrogen and oxygen atoms in total. The van der Waals surface area contributed by atoms with Gasteiger partial charge in [-0.25, -0.2) is 12.8 Å². The van der Waals surface area contributed by atoms with E-state index in [1.54, 1.807) is 18.2 Å². The number of carbonyl (C=O) groups excluding carboxylic acids is 3. The van der Waals surface area contributed by atoms with Crippen LogP contribution in [0.4, 0.5) is 9.18 Å². The molecule has 2 aromatic carbocycles. The molecule has 0 aromatic heterocycles. The molecule has 2 aromatic rings. The smallest absolute Gasteiger partial charge is 0.293 e. The topological polar surface area (TPSA) is 104 Å². The minimum Gasteiger partial charge on any atom is -0.353 e. The van der Waals surface area contributed by atoms with E-state index >= 15 is 0 Å². The number of sulfonamides is 1. The third-order valence-electron chi connectivity index (χ3n) is 5.78. The van der Waals surface area contributed by atoms with Crippen molar-refractivity contribution >= 4 is 44.9 Å². The van der Waals surface area contributed by atoms with Crippen molar-refractivity contribution in [3.8, 4) is 0 Å². The molecule has 0 unspecified atom stereocenters. The largest absolute Gasteiger partial charge is 0.353 e. The van der Waals surface area contributed by atoms with Crippen molar-refractivity contribution < 1.29 is 27.2 Å². The lowest BCUT2D eigenvalue weighted by molar-refractivity contribution is -0.127. The summed E-state index contributed by atoms with van der Waals surface area (Å²) in [5, 5.41) is 2.21. The third-order valence-corrected chi connectivity index (χ3v) is 8.61. The van der Waals surface area contributed by atoms with E-state index in [-0.39, 0.29) is 29.4 Å². The van der Waals surface area contributed by atoms with Gasteiger partial charge in [0.2, 0.25) is 15.9 Å². The predicted molar refractivity (Wildman–Crippen MR) is 130 cm³/mol. The lowest BCUT2D eigenvalue weighted by Crippen LogP contribution is -2.52. The average Bonchev–Trinajstić information content (AvgIpc) is 3.13. The molecule has 0 aliphatic carbocycles. The van der Waals surface area contributed by atoms with E-state index in [1.165, 1.54) is 46.8 Å². The Balaban J connectivity index is 1.37. The second-order valence-electron chi connectivity index (χ2n) is 8.12. The summed E-state index contributed by atoms with van der Waals surface area (Å²) in [6, 6.07) is 12.7. The number of nitrogens with one attached hydrogen (secondary N) is 1. The Hall–Kier alpha value is -3.02. The van der Waals surface area contributed by atoms with Gasteiger partial charge in [-0.2, -0.15) is 4.31 Å². The molecule has 4 rings (SSSR count). The summed E-state index contributed by atoms with van der Waals surface area (Å²) in [5.41, 5.74) is 0.585. The van der Waals surface area contributed by atoms with E-state index in [9.17, 15) is 27.2 Å². The highest BCUT2D eigenvalue weighted by molar-refractivity contribution is 8.18. The molecular weight excluding hydrogens is 493 g/mol. The monoisotopic (exact) mass is 517 g/mol. The number of hydrogen-bond donors (Lipinski definition) is 1. The number of hydrogen-bond acceptors (Lipinski definition) is 6. The fraction of sp³-hybridized carbons (Fsp3) is 0.292. The number of imide groups is 1. The van der Waals surface area contributed by atoms with Gasteiger partial charge in [0.05, 0.1) is 9.80 Å². The zero-order valence-corrected chi connectivity index (χ0v) is 20.4. The first-order chi connectivity index (χ1) is 16.8. The zero-order chi connectivity index (χ0) is 25.0. The van der Waals surface area contributed by atoms with Gasteiger partial charge in [0.1, 0.15) is 11.9 Å². The van der Waals surface area contributed by atoms with Gasteiger partial charge in [-0.15, -0.1) is 0 Å². The highest BCUT2D eigenvalue weighted by Gasteiger charge is 2.38. The van der Waals surface area contributed by atoms with Crippen LogP contribution >= 0.6 is 11.8 Å². The van der Waals surface area contributed by atoms with E-state index in [0.717, 1.165) is 23.1 Å². The maximum absolute atomic E-state index is 13.1.